The van der Waals surface area contributed by atoms with Crippen LogP contribution in [0.1, 0.15) is 56.0 Å². The third-order valence-electron chi connectivity index (χ3n) is 4.42. The molecule has 1 aromatic carbocycles. The second-order valence-electron chi connectivity index (χ2n) is 5.91. The molecule has 0 heterocycles. The van der Waals surface area contributed by atoms with Gasteiger partial charge in [-0.25, -0.2) is 0 Å². The quantitative estimate of drug-likeness (QED) is 0.681. The molecule has 0 spiro atoms. The molecule has 0 atom stereocenters. The maximum absolute atomic E-state index is 12.3. The smallest absolute Gasteiger partial charge is 0.310 e. The first-order valence-corrected chi connectivity index (χ1v) is 8.21. The second-order valence-corrected chi connectivity index (χ2v) is 5.91. The van der Waals surface area contributed by atoms with Gasteiger partial charge in [-0.05, 0) is 44.4 Å². The van der Waals surface area contributed by atoms with E-state index in [1.54, 1.807) is 32.0 Å². The maximum Gasteiger partial charge on any atom is 0.310 e. The van der Waals surface area contributed by atoms with Crippen molar-refractivity contribution in [2.75, 3.05) is 11.9 Å². The van der Waals surface area contributed by atoms with Crippen LogP contribution < -0.4 is 10.6 Å². The summed E-state index contributed by atoms with van der Waals surface area (Å²) in [6.07, 6.45) is 0.661. The van der Waals surface area contributed by atoms with Gasteiger partial charge in [0.25, 0.3) is 5.91 Å². The Morgan fingerprint density at radius 2 is 1.75 bits per heavy atom. The average Bonchev–Trinajstić information content (AvgIpc) is 2.54. The monoisotopic (exact) mass is 334 g/mol. The Morgan fingerprint density at radius 1 is 1.12 bits per heavy atom. The lowest BCUT2D eigenvalue weighted by Crippen LogP contribution is -2.34. The fourth-order valence-electron chi connectivity index (χ4n) is 2.54. The third-order valence-corrected chi connectivity index (χ3v) is 4.42. The molecular weight excluding hydrogens is 308 g/mol. The predicted octanol–water partition coefficient (Wildman–Crippen LogP) is 2.96. The second kappa shape index (κ2) is 8.47. The zero-order valence-corrected chi connectivity index (χ0v) is 14.7. The fourth-order valence-corrected chi connectivity index (χ4v) is 2.54. The van der Waals surface area contributed by atoms with Gasteiger partial charge in [-0.15, -0.1) is 0 Å². The lowest BCUT2D eigenvalue weighted by Gasteiger charge is -2.26. The molecule has 1 rings (SSSR count). The highest BCUT2D eigenvalue weighted by atomic mass is 16.4. The summed E-state index contributed by atoms with van der Waals surface area (Å²) in [6.45, 7) is 7.71. The molecule has 0 aliphatic carbocycles. The number of benzene rings is 1. The van der Waals surface area contributed by atoms with Gasteiger partial charge in [0, 0.05) is 24.2 Å². The van der Waals surface area contributed by atoms with Gasteiger partial charge in [0.1, 0.15) is 0 Å². The van der Waals surface area contributed by atoms with Gasteiger partial charge in [0.2, 0.25) is 5.91 Å². The molecule has 1 aromatic rings. The van der Waals surface area contributed by atoms with E-state index in [1.165, 1.54) is 0 Å². The van der Waals surface area contributed by atoms with E-state index in [1.807, 2.05) is 13.8 Å². The first-order valence-electron chi connectivity index (χ1n) is 8.21. The molecule has 132 valence electrons. The summed E-state index contributed by atoms with van der Waals surface area (Å²) < 4.78 is 0. The third kappa shape index (κ3) is 4.57. The zero-order valence-electron chi connectivity index (χ0n) is 14.7. The highest BCUT2D eigenvalue weighted by Crippen LogP contribution is 2.31. The number of anilines is 1. The lowest BCUT2D eigenvalue weighted by molar-refractivity contribution is -0.151. The van der Waals surface area contributed by atoms with Crippen molar-refractivity contribution in [3.05, 3.63) is 29.3 Å². The topological polar surface area (TPSA) is 95.5 Å². The number of amides is 2. The first-order chi connectivity index (χ1) is 11.3. The Kier molecular flexibility index (Phi) is 6.95. The van der Waals surface area contributed by atoms with Gasteiger partial charge in [-0.1, -0.05) is 19.9 Å². The van der Waals surface area contributed by atoms with Gasteiger partial charge in [0.15, 0.2) is 0 Å². The molecule has 0 unspecified atom stereocenters. The molecule has 24 heavy (non-hydrogen) atoms. The summed E-state index contributed by atoms with van der Waals surface area (Å²) in [6, 6.07) is 5.05. The number of hydrogen-bond donors (Lipinski definition) is 3. The summed E-state index contributed by atoms with van der Waals surface area (Å²) in [5, 5.41) is 14.9. The van der Waals surface area contributed by atoms with E-state index in [9.17, 15) is 19.5 Å². The minimum Gasteiger partial charge on any atom is -0.481 e. The van der Waals surface area contributed by atoms with Crippen LogP contribution in [0.3, 0.4) is 0 Å². The van der Waals surface area contributed by atoms with Crippen LogP contribution in [0.4, 0.5) is 5.69 Å². The van der Waals surface area contributed by atoms with Crippen molar-refractivity contribution in [2.45, 2.75) is 47.0 Å². The Hall–Kier alpha value is -2.37. The van der Waals surface area contributed by atoms with Gasteiger partial charge in [-0.3, -0.25) is 14.4 Å². The summed E-state index contributed by atoms with van der Waals surface area (Å²) >= 11 is 0. The SMILES string of the molecule is CCNC(=O)c1ccc(C)c(NC(=O)CC(CC)(CC)C(=O)O)c1. The van der Waals surface area contributed by atoms with Crippen LogP contribution in [0.15, 0.2) is 18.2 Å². The molecule has 0 aliphatic heterocycles. The van der Waals surface area contributed by atoms with E-state index in [4.69, 9.17) is 0 Å². The molecule has 0 radical (unpaired) electrons. The zero-order chi connectivity index (χ0) is 18.3. The van der Waals surface area contributed by atoms with Crippen LogP contribution in [-0.4, -0.2) is 29.4 Å². The van der Waals surface area contributed by atoms with Crippen molar-refractivity contribution in [3.8, 4) is 0 Å². The van der Waals surface area contributed by atoms with Gasteiger partial charge >= 0.3 is 5.97 Å². The molecule has 2 amide bonds. The van der Waals surface area contributed by atoms with E-state index in [0.29, 0.717) is 30.6 Å². The van der Waals surface area contributed by atoms with Crippen LogP contribution in [0, 0.1) is 12.3 Å². The number of aryl methyl sites for hydroxylation is 1. The minimum atomic E-state index is -1.06. The van der Waals surface area contributed by atoms with E-state index >= 15 is 0 Å². The van der Waals surface area contributed by atoms with Crippen LogP contribution in [-0.2, 0) is 9.59 Å². The van der Waals surface area contributed by atoms with E-state index in [-0.39, 0.29) is 18.2 Å². The number of carbonyl (C=O) groups is 3. The standard InChI is InChI=1S/C18H26N2O4/c1-5-18(6-2,17(23)24)11-15(21)20-14-10-13(9-8-12(14)4)16(22)19-7-3/h8-10H,5-7,11H2,1-4H3,(H,19,22)(H,20,21)(H,23,24). The summed E-state index contributed by atoms with van der Waals surface area (Å²) in [7, 11) is 0. The molecular formula is C18H26N2O4. The molecule has 0 saturated carbocycles. The molecule has 3 N–H and O–H groups in total. The van der Waals surface area contributed by atoms with Crippen molar-refractivity contribution in [1.29, 1.82) is 0 Å². The predicted molar refractivity (Wildman–Crippen MR) is 93.1 cm³/mol. The molecule has 0 saturated heterocycles. The van der Waals surface area contributed by atoms with E-state index in [0.717, 1.165) is 5.56 Å². The Balaban J connectivity index is 2.96. The minimum absolute atomic E-state index is 0.0971. The number of carbonyl (C=O) groups excluding carboxylic acids is 2. The number of carboxylic acids is 1. The molecule has 0 fully saturated rings. The number of carboxylic acid groups (broad SMARTS) is 1. The molecule has 0 bridgehead atoms. The van der Waals surface area contributed by atoms with Crippen LogP contribution in [0.2, 0.25) is 0 Å². The summed E-state index contributed by atoms with van der Waals surface area (Å²) in [5.41, 5.74) is 0.726. The van der Waals surface area contributed by atoms with Crippen LogP contribution in [0.5, 0.6) is 0 Å². The normalized spacial score (nSPS) is 11.0. The van der Waals surface area contributed by atoms with Crippen molar-refractivity contribution < 1.29 is 19.5 Å². The van der Waals surface area contributed by atoms with Crippen molar-refractivity contribution >= 4 is 23.5 Å². The molecule has 6 nitrogen and oxygen atoms in total. The molecule has 0 aromatic heterocycles. The summed E-state index contributed by atoms with van der Waals surface area (Å²) in [4.78, 5) is 35.8. The van der Waals surface area contributed by atoms with Gasteiger partial charge < -0.3 is 15.7 Å². The summed E-state index contributed by atoms with van der Waals surface area (Å²) in [5.74, 6) is -1.54. The molecule has 6 heteroatoms. The maximum atomic E-state index is 12.3. The Bertz CT molecular complexity index is 621. The highest BCUT2D eigenvalue weighted by Gasteiger charge is 2.37. The fraction of sp³-hybridized carbons (Fsp3) is 0.500. The van der Waals surface area contributed by atoms with E-state index < -0.39 is 11.4 Å². The van der Waals surface area contributed by atoms with Crippen LogP contribution >= 0.6 is 0 Å². The molecule has 0 aliphatic rings. The van der Waals surface area contributed by atoms with Crippen molar-refractivity contribution in [3.63, 3.8) is 0 Å². The number of hydrogen-bond acceptors (Lipinski definition) is 3. The number of nitrogens with one attached hydrogen (secondary N) is 2. The van der Waals surface area contributed by atoms with Crippen molar-refractivity contribution in [1.82, 2.24) is 5.32 Å². The first kappa shape index (κ1) is 19.7. The number of aliphatic carboxylic acids is 1. The Labute approximate surface area is 142 Å². The highest BCUT2D eigenvalue weighted by molar-refractivity contribution is 5.98. The number of rotatable bonds is 8. The van der Waals surface area contributed by atoms with E-state index in [2.05, 4.69) is 10.6 Å². The Morgan fingerprint density at radius 3 is 2.25 bits per heavy atom. The van der Waals surface area contributed by atoms with Gasteiger partial charge in [-0.2, -0.15) is 0 Å². The van der Waals surface area contributed by atoms with Crippen molar-refractivity contribution in [2.24, 2.45) is 5.41 Å². The van der Waals surface area contributed by atoms with Crippen LogP contribution in [0.25, 0.3) is 0 Å². The average molecular weight is 334 g/mol. The lowest BCUT2D eigenvalue weighted by atomic mass is 9.79. The van der Waals surface area contributed by atoms with Gasteiger partial charge in [0.05, 0.1) is 5.41 Å². The largest absolute Gasteiger partial charge is 0.481 e.